The molecule has 0 fully saturated rings. The zero-order valence-electron chi connectivity index (χ0n) is 38.4. The second kappa shape index (κ2) is 20.6. The van der Waals surface area contributed by atoms with E-state index in [1.54, 1.807) is 72.7 Å². The molecule has 6 aromatic heterocycles. The summed E-state index contributed by atoms with van der Waals surface area (Å²) in [5.74, 6) is 1.88. The summed E-state index contributed by atoms with van der Waals surface area (Å²) in [6.45, 7) is 5.03. The zero-order valence-corrected chi connectivity index (χ0v) is 38.4. The number of hydrogen-bond acceptors (Lipinski definition) is 10. The van der Waals surface area contributed by atoms with E-state index in [1.807, 2.05) is 59.6 Å². The molecule has 8 heterocycles. The van der Waals surface area contributed by atoms with Gasteiger partial charge in [0.1, 0.15) is 23.0 Å². The molecule has 8 aromatic rings. The lowest BCUT2D eigenvalue weighted by molar-refractivity contribution is -0.139. The molecule has 0 spiro atoms. The molecule has 2 aliphatic rings. The van der Waals surface area contributed by atoms with E-state index in [0.717, 1.165) is 47.7 Å². The van der Waals surface area contributed by atoms with Gasteiger partial charge < -0.3 is 18.6 Å². The van der Waals surface area contributed by atoms with Crippen LogP contribution in [-0.2, 0) is 25.4 Å². The molecule has 0 N–H and O–H groups in total. The standard InChI is InChI=1S/2C25H23F3N6O.CH4/c2*1-16-14-33(15-29-16)21-11-9-17(30-24(21)35-2)10-12-22-31-23-19(7-5-13-34(23)32-22)18-6-3-4-8-20(18)25(26,27)28;/h2*3-4,6,8-12,14-15,19H,5,7,13H2,1-2H3;1H4/b2*12-10+;/t19-;;/m0../s1. The number of benzene rings is 2. The van der Waals surface area contributed by atoms with Gasteiger partial charge in [-0.2, -0.15) is 36.5 Å². The molecule has 0 amide bonds. The van der Waals surface area contributed by atoms with E-state index in [4.69, 9.17) is 9.47 Å². The number of methoxy groups -OCH3 is 2. The van der Waals surface area contributed by atoms with Gasteiger partial charge >= 0.3 is 12.4 Å². The summed E-state index contributed by atoms with van der Waals surface area (Å²) >= 11 is 0. The Morgan fingerprint density at radius 2 is 0.958 bits per heavy atom. The maximum atomic E-state index is 13.6. The van der Waals surface area contributed by atoms with Crippen molar-refractivity contribution in [2.45, 2.75) is 84.2 Å². The van der Waals surface area contributed by atoms with Crippen molar-refractivity contribution in [3.63, 3.8) is 0 Å². The molecule has 20 heteroatoms. The summed E-state index contributed by atoms with van der Waals surface area (Å²) < 4.78 is 99.7. The molecule has 1 unspecified atom stereocenters. The summed E-state index contributed by atoms with van der Waals surface area (Å²) in [7, 11) is 3.10. The molecule has 368 valence electrons. The Morgan fingerprint density at radius 1 is 0.549 bits per heavy atom. The van der Waals surface area contributed by atoms with Gasteiger partial charge in [0.2, 0.25) is 11.8 Å². The number of alkyl halides is 6. The van der Waals surface area contributed by atoms with Crippen molar-refractivity contribution in [3.05, 3.63) is 166 Å². The van der Waals surface area contributed by atoms with Gasteiger partial charge in [-0.1, -0.05) is 43.8 Å². The van der Waals surface area contributed by atoms with Crippen LogP contribution in [-0.4, -0.2) is 72.8 Å². The molecule has 0 saturated carbocycles. The first-order chi connectivity index (χ1) is 33.7. The average molecular weight is 977 g/mol. The van der Waals surface area contributed by atoms with Gasteiger partial charge in [-0.15, -0.1) is 0 Å². The fourth-order valence-corrected chi connectivity index (χ4v) is 8.79. The highest BCUT2D eigenvalue weighted by Gasteiger charge is 2.39. The van der Waals surface area contributed by atoms with Gasteiger partial charge in [-0.3, -0.25) is 0 Å². The zero-order chi connectivity index (χ0) is 49.2. The van der Waals surface area contributed by atoms with Gasteiger partial charge in [0, 0.05) is 37.3 Å². The second-order valence-electron chi connectivity index (χ2n) is 16.7. The molecule has 2 aromatic carbocycles. The van der Waals surface area contributed by atoms with Crippen LogP contribution in [0.25, 0.3) is 35.7 Å². The Bertz CT molecular complexity index is 2990. The molecular formula is C51H50F6N12O2. The Labute approximate surface area is 405 Å². The minimum atomic E-state index is -4.42. The third-order valence-electron chi connectivity index (χ3n) is 12.0. The lowest BCUT2D eigenvalue weighted by atomic mass is 9.88. The summed E-state index contributed by atoms with van der Waals surface area (Å²) in [6, 6.07) is 18.8. The number of fused-ring (bicyclic) bond motifs is 2. The maximum Gasteiger partial charge on any atom is 0.416 e. The fraction of sp³-hybridized carbons (Fsp3) is 0.294. The van der Waals surface area contributed by atoms with Gasteiger partial charge in [-0.05, 0) is 111 Å². The van der Waals surface area contributed by atoms with E-state index in [-0.39, 0.29) is 18.6 Å². The predicted molar refractivity (Wildman–Crippen MR) is 255 cm³/mol. The lowest BCUT2D eigenvalue weighted by Gasteiger charge is -2.25. The van der Waals surface area contributed by atoms with Gasteiger partial charge in [0.25, 0.3) is 0 Å². The van der Waals surface area contributed by atoms with Crippen molar-refractivity contribution in [2.24, 2.45) is 0 Å². The number of hydrogen-bond donors (Lipinski definition) is 0. The van der Waals surface area contributed by atoms with Crippen LogP contribution >= 0.6 is 0 Å². The number of imidazole rings is 2. The predicted octanol–water partition coefficient (Wildman–Crippen LogP) is 11.2. The number of aromatic nitrogens is 12. The molecule has 14 nitrogen and oxygen atoms in total. The van der Waals surface area contributed by atoms with E-state index in [0.29, 0.717) is 72.4 Å². The first-order valence-electron chi connectivity index (χ1n) is 22.4. The fourth-order valence-electron chi connectivity index (χ4n) is 8.79. The van der Waals surface area contributed by atoms with Crippen LogP contribution in [0.15, 0.2) is 97.8 Å². The monoisotopic (exact) mass is 976 g/mol. The molecule has 71 heavy (non-hydrogen) atoms. The largest absolute Gasteiger partial charge is 0.479 e. The third-order valence-corrected chi connectivity index (χ3v) is 12.0. The molecule has 0 bridgehead atoms. The van der Waals surface area contributed by atoms with Crippen LogP contribution in [0.4, 0.5) is 26.3 Å². The van der Waals surface area contributed by atoms with Crippen molar-refractivity contribution >= 4 is 24.3 Å². The van der Waals surface area contributed by atoms with E-state index in [2.05, 4.69) is 40.1 Å². The Balaban J connectivity index is 0.000000188. The summed E-state index contributed by atoms with van der Waals surface area (Å²) in [4.78, 5) is 26.7. The van der Waals surface area contributed by atoms with Gasteiger partial charge in [0.15, 0.2) is 11.6 Å². The summed E-state index contributed by atoms with van der Waals surface area (Å²) in [5, 5.41) is 9.02. The highest BCUT2D eigenvalue weighted by Crippen LogP contribution is 2.42. The number of rotatable bonds is 10. The van der Waals surface area contributed by atoms with E-state index < -0.39 is 35.3 Å². The minimum absolute atomic E-state index is 0. The minimum Gasteiger partial charge on any atom is -0.479 e. The van der Waals surface area contributed by atoms with Crippen molar-refractivity contribution in [3.8, 4) is 23.1 Å². The van der Waals surface area contributed by atoms with E-state index >= 15 is 0 Å². The number of ether oxygens (including phenoxy) is 2. The number of halogens is 6. The highest BCUT2D eigenvalue weighted by atomic mass is 19.4. The smallest absolute Gasteiger partial charge is 0.416 e. The third kappa shape index (κ3) is 10.8. The molecule has 2 atom stereocenters. The maximum absolute atomic E-state index is 13.6. The molecule has 10 rings (SSSR count). The topological polar surface area (TPSA) is 141 Å². The van der Waals surface area contributed by atoms with E-state index in [9.17, 15) is 26.3 Å². The van der Waals surface area contributed by atoms with E-state index in [1.165, 1.54) is 24.3 Å². The second-order valence-corrected chi connectivity index (χ2v) is 16.7. The van der Waals surface area contributed by atoms with Gasteiger partial charge in [0.05, 0.1) is 60.8 Å². The average Bonchev–Trinajstić information content (AvgIpc) is 4.19. The molecule has 0 aliphatic carbocycles. The van der Waals surface area contributed by atoms with Crippen LogP contribution < -0.4 is 9.47 Å². The highest BCUT2D eigenvalue weighted by molar-refractivity contribution is 5.67. The Kier molecular flexibility index (Phi) is 14.4. The van der Waals surface area contributed by atoms with Crippen LogP contribution in [0.2, 0.25) is 0 Å². The molecule has 0 radical (unpaired) electrons. The number of pyridine rings is 2. The van der Waals surface area contributed by atoms with Crippen molar-refractivity contribution < 1.29 is 35.8 Å². The lowest BCUT2D eigenvalue weighted by Crippen LogP contribution is -2.21. The van der Waals surface area contributed by atoms with Crippen molar-refractivity contribution in [1.29, 1.82) is 0 Å². The number of nitrogens with zero attached hydrogens (tertiary/aromatic N) is 12. The molecular weight excluding hydrogens is 927 g/mol. The van der Waals surface area contributed by atoms with Crippen LogP contribution in [0, 0.1) is 13.8 Å². The summed E-state index contributed by atoms with van der Waals surface area (Å²) in [5.41, 5.74) is 3.76. The van der Waals surface area contributed by atoms with Crippen LogP contribution in [0.5, 0.6) is 11.8 Å². The molecule has 2 aliphatic heterocycles. The van der Waals surface area contributed by atoms with Crippen molar-refractivity contribution in [1.82, 2.24) is 58.6 Å². The van der Waals surface area contributed by atoms with Crippen molar-refractivity contribution in [2.75, 3.05) is 14.2 Å². The molecule has 0 saturated heterocycles. The first kappa shape index (κ1) is 49.5. The van der Waals surface area contributed by atoms with Crippen LogP contribution in [0.1, 0.15) is 113 Å². The summed E-state index contributed by atoms with van der Waals surface area (Å²) in [6.07, 6.45) is 7.85. The normalized spacial score (nSPS) is 15.7. The quantitative estimate of drug-likeness (QED) is 0.122. The number of aryl methyl sites for hydroxylation is 4. The first-order valence-corrected chi connectivity index (χ1v) is 22.4. The Hall–Kier alpha value is -7.90. The SMILES string of the molecule is C.COc1nc(/C=C/c2nc3n(n2)CCCC3c2ccccc2C(F)(F)F)ccc1-n1cnc(C)c1.COc1nc(/C=C/c2nc3n(n2)CCC[C@H]3c2ccccc2C(F)(F)F)ccc1-n1cnc(C)c1. The van der Waals surface area contributed by atoms with Crippen LogP contribution in [0.3, 0.4) is 0 Å². The Morgan fingerprint density at radius 3 is 1.32 bits per heavy atom. The van der Waals surface area contributed by atoms with Gasteiger partial charge in [-0.25, -0.2) is 39.3 Å².